The molecule has 74 valence electrons. The van der Waals surface area contributed by atoms with E-state index in [0.29, 0.717) is 11.7 Å². The smallest absolute Gasteiger partial charge is 0.246 e. The summed E-state index contributed by atoms with van der Waals surface area (Å²) in [7, 11) is 0. The zero-order valence-electron chi connectivity index (χ0n) is 7.11. The van der Waals surface area contributed by atoms with Gasteiger partial charge in [0.2, 0.25) is 11.8 Å². The van der Waals surface area contributed by atoms with E-state index >= 15 is 0 Å². The van der Waals surface area contributed by atoms with Crippen LogP contribution in [-0.2, 0) is 11.3 Å². The van der Waals surface area contributed by atoms with Gasteiger partial charge in [-0.2, -0.15) is 4.98 Å². The lowest BCUT2D eigenvalue weighted by Crippen LogP contribution is -2.29. The van der Waals surface area contributed by atoms with Crippen molar-refractivity contribution in [3.05, 3.63) is 11.7 Å². The fourth-order valence-electron chi connectivity index (χ4n) is 0.658. The van der Waals surface area contributed by atoms with E-state index in [2.05, 4.69) is 15.5 Å². The van der Waals surface area contributed by atoms with Crippen LogP contribution in [-0.4, -0.2) is 22.6 Å². The van der Waals surface area contributed by atoms with Crippen molar-refractivity contribution < 1.29 is 9.32 Å². The summed E-state index contributed by atoms with van der Waals surface area (Å²) in [4.78, 5) is 14.5. The Morgan fingerprint density at radius 2 is 2.38 bits per heavy atom. The van der Waals surface area contributed by atoms with Crippen molar-refractivity contribution in [2.75, 3.05) is 6.54 Å². The van der Waals surface area contributed by atoms with Gasteiger partial charge in [0.05, 0.1) is 13.1 Å². The first-order chi connectivity index (χ1) is 5.72. The van der Waals surface area contributed by atoms with E-state index in [1.54, 1.807) is 6.92 Å². The molecule has 0 saturated heterocycles. The SMILES string of the molecule is Cc1noc(CNC(=O)CN)n1.Cl. The predicted octanol–water partition coefficient (Wildman–Crippen LogP) is -0.625. The molecule has 6 nitrogen and oxygen atoms in total. The monoisotopic (exact) mass is 206 g/mol. The van der Waals surface area contributed by atoms with Gasteiger partial charge >= 0.3 is 0 Å². The summed E-state index contributed by atoms with van der Waals surface area (Å²) in [6.07, 6.45) is 0. The van der Waals surface area contributed by atoms with E-state index in [9.17, 15) is 4.79 Å². The number of hydrogen-bond donors (Lipinski definition) is 2. The molecular weight excluding hydrogens is 196 g/mol. The Morgan fingerprint density at radius 1 is 1.69 bits per heavy atom. The average molecular weight is 207 g/mol. The zero-order valence-corrected chi connectivity index (χ0v) is 7.93. The number of carbonyl (C=O) groups excluding carboxylic acids is 1. The summed E-state index contributed by atoms with van der Waals surface area (Å²) in [6.45, 7) is 1.90. The third kappa shape index (κ3) is 3.86. The van der Waals surface area contributed by atoms with Gasteiger partial charge in [0, 0.05) is 0 Å². The Morgan fingerprint density at radius 3 is 2.85 bits per heavy atom. The van der Waals surface area contributed by atoms with Crippen LogP contribution in [0.25, 0.3) is 0 Å². The molecule has 7 heteroatoms. The van der Waals surface area contributed by atoms with Crippen LogP contribution in [0.5, 0.6) is 0 Å². The number of nitrogens with one attached hydrogen (secondary N) is 1. The summed E-state index contributed by atoms with van der Waals surface area (Å²) in [5.74, 6) is 0.687. The second kappa shape index (κ2) is 5.50. The van der Waals surface area contributed by atoms with Crippen molar-refractivity contribution >= 4 is 18.3 Å². The molecule has 0 aliphatic heterocycles. The topological polar surface area (TPSA) is 94.0 Å². The third-order valence-electron chi connectivity index (χ3n) is 1.19. The van der Waals surface area contributed by atoms with Crippen molar-refractivity contribution in [1.29, 1.82) is 0 Å². The first-order valence-electron chi connectivity index (χ1n) is 3.48. The standard InChI is InChI=1S/C6H10N4O2.ClH/c1-4-9-6(12-10-4)3-8-5(11)2-7;/h2-3,7H2,1H3,(H,8,11);1H. The van der Waals surface area contributed by atoms with Gasteiger partial charge in [-0.15, -0.1) is 12.4 Å². The van der Waals surface area contributed by atoms with Gasteiger partial charge in [0.15, 0.2) is 5.82 Å². The van der Waals surface area contributed by atoms with Crippen molar-refractivity contribution in [3.63, 3.8) is 0 Å². The Kier molecular flexibility index (Phi) is 5.01. The fraction of sp³-hybridized carbons (Fsp3) is 0.500. The van der Waals surface area contributed by atoms with Crippen molar-refractivity contribution in [3.8, 4) is 0 Å². The number of aromatic nitrogens is 2. The highest BCUT2D eigenvalue weighted by Gasteiger charge is 2.03. The molecule has 0 unspecified atom stereocenters. The van der Waals surface area contributed by atoms with Crippen molar-refractivity contribution in [1.82, 2.24) is 15.5 Å². The van der Waals surface area contributed by atoms with Crippen LogP contribution in [0.15, 0.2) is 4.52 Å². The second-order valence-electron chi connectivity index (χ2n) is 2.22. The summed E-state index contributed by atoms with van der Waals surface area (Å²) in [5.41, 5.74) is 5.06. The summed E-state index contributed by atoms with van der Waals surface area (Å²) in [5, 5.41) is 6.05. The number of halogens is 1. The van der Waals surface area contributed by atoms with Gasteiger partial charge in [0.25, 0.3) is 0 Å². The van der Waals surface area contributed by atoms with Gasteiger partial charge in [-0.25, -0.2) is 0 Å². The quantitative estimate of drug-likeness (QED) is 0.687. The van der Waals surface area contributed by atoms with Crippen molar-refractivity contribution in [2.24, 2.45) is 5.73 Å². The maximum atomic E-state index is 10.7. The second-order valence-corrected chi connectivity index (χ2v) is 2.22. The number of amides is 1. The lowest BCUT2D eigenvalue weighted by Gasteiger charge is -1.96. The first-order valence-corrected chi connectivity index (χ1v) is 3.48. The molecule has 1 amide bonds. The summed E-state index contributed by atoms with van der Waals surface area (Å²) < 4.78 is 4.74. The minimum atomic E-state index is -0.245. The van der Waals surface area contributed by atoms with Gasteiger partial charge in [-0.1, -0.05) is 5.16 Å². The molecule has 0 spiro atoms. The van der Waals surface area contributed by atoms with Crippen LogP contribution >= 0.6 is 12.4 Å². The summed E-state index contributed by atoms with van der Waals surface area (Å²) in [6, 6.07) is 0. The highest BCUT2D eigenvalue weighted by Crippen LogP contribution is 1.93. The van der Waals surface area contributed by atoms with Crippen LogP contribution in [0.3, 0.4) is 0 Å². The van der Waals surface area contributed by atoms with Crippen LogP contribution in [0.4, 0.5) is 0 Å². The predicted molar refractivity (Wildman–Crippen MR) is 47.2 cm³/mol. The van der Waals surface area contributed by atoms with E-state index in [0.717, 1.165) is 0 Å². The molecule has 0 fully saturated rings. The number of hydrogen-bond acceptors (Lipinski definition) is 5. The van der Waals surface area contributed by atoms with Gasteiger partial charge in [0.1, 0.15) is 0 Å². The molecule has 3 N–H and O–H groups in total. The number of nitrogens with two attached hydrogens (primary N) is 1. The Bertz CT molecular complexity index is 275. The number of nitrogens with zero attached hydrogens (tertiary/aromatic N) is 2. The molecule has 0 bridgehead atoms. The normalized spacial score (nSPS) is 9.08. The Labute approximate surface area is 81.3 Å². The van der Waals surface area contributed by atoms with Gasteiger partial charge in [-0.3, -0.25) is 4.79 Å². The molecular formula is C6H11ClN4O2. The maximum Gasteiger partial charge on any atom is 0.246 e. The van der Waals surface area contributed by atoms with Crippen LogP contribution in [0, 0.1) is 6.92 Å². The molecule has 0 atom stereocenters. The minimum absolute atomic E-state index is 0. The molecule has 13 heavy (non-hydrogen) atoms. The molecule has 0 radical (unpaired) electrons. The number of aryl methyl sites for hydroxylation is 1. The van der Waals surface area contributed by atoms with E-state index in [-0.39, 0.29) is 31.4 Å². The lowest BCUT2D eigenvalue weighted by atomic mass is 10.5. The molecule has 1 heterocycles. The molecule has 0 aliphatic carbocycles. The summed E-state index contributed by atoms with van der Waals surface area (Å²) >= 11 is 0. The molecule has 1 rings (SSSR count). The molecule has 1 aromatic rings. The number of carbonyl (C=O) groups is 1. The minimum Gasteiger partial charge on any atom is -0.346 e. The number of rotatable bonds is 3. The molecule has 1 aromatic heterocycles. The lowest BCUT2D eigenvalue weighted by molar-refractivity contribution is -0.120. The highest BCUT2D eigenvalue weighted by molar-refractivity contribution is 5.85. The largest absolute Gasteiger partial charge is 0.346 e. The van der Waals surface area contributed by atoms with Gasteiger partial charge < -0.3 is 15.6 Å². The molecule has 0 saturated carbocycles. The fourth-order valence-corrected chi connectivity index (χ4v) is 0.658. The highest BCUT2D eigenvalue weighted by atomic mass is 35.5. The van der Waals surface area contributed by atoms with Crippen LogP contribution in [0.1, 0.15) is 11.7 Å². The Hall–Kier alpha value is -1.14. The van der Waals surface area contributed by atoms with Crippen LogP contribution in [0.2, 0.25) is 0 Å². The average Bonchev–Trinajstić information content (AvgIpc) is 2.47. The van der Waals surface area contributed by atoms with E-state index < -0.39 is 0 Å². The maximum absolute atomic E-state index is 10.7. The first kappa shape index (κ1) is 11.9. The van der Waals surface area contributed by atoms with E-state index in [1.807, 2.05) is 0 Å². The zero-order chi connectivity index (χ0) is 8.97. The van der Waals surface area contributed by atoms with Crippen molar-refractivity contribution in [2.45, 2.75) is 13.5 Å². The molecule has 0 aromatic carbocycles. The van der Waals surface area contributed by atoms with Crippen LogP contribution < -0.4 is 11.1 Å². The third-order valence-corrected chi connectivity index (χ3v) is 1.19. The van der Waals surface area contributed by atoms with E-state index in [4.69, 9.17) is 10.3 Å². The Balaban J connectivity index is 0.00000144. The van der Waals surface area contributed by atoms with E-state index in [1.165, 1.54) is 0 Å². The van der Waals surface area contributed by atoms with Gasteiger partial charge in [-0.05, 0) is 6.92 Å². The molecule has 0 aliphatic rings.